The van der Waals surface area contributed by atoms with Crippen LogP contribution in [0.3, 0.4) is 0 Å². The van der Waals surface area contributed by atoms with Gasteiger partial charge in [0.25, 0.3) is 5.91 Å². The molecule has 0 radical (unpaired) electrons. The zero-order chi connectivity index (χ0) is 18.3. The quantitative estimate of drug-likeness (QED) is 0.778. The summed E-state index contributed by atoms with van der Waals surface area (Å²) >= 11 is 1.28. The number of rotatable bonds is 4. The molecule has 0 unspecified atom stereocenters. The van der Waals surface area contributed by atoms with Gasteiger partial charge in [0.1, 0.15) is 5.69 Å². The molecule has 0 aromatic carbocycles. The predicted octanol–water partition coefficient (Wildman–Crippen LogP) is 4.32. The summed E-state index contributed by atoms with van der Waals surface area (Å²) in [6, 6.07) is 2.40. The molecule has 138 valence electrons. The van der Waals surface area contributed by atoms with Crippen LogP contribution >= 0.6 is 11.3 Å². The molecular weight excluding hydrogens is 358 g/mol. The maximum Gasteiger partial charge on any atom is 0.271 e. The number of hydrogen-bond acceptors (Lipinski definition) is 5. The van der Waals surface area contributed by atoms with Crippen molar-refractivity contribution < 1.29 is 13.6 Å². The summed E-state index contributed by atoms with van der Waals surface area (Å²) in [5.41, 5.74) is 0.874. The first-order chi connectivity index (χ1) is 12.4. The van der Waals surface area contributed by atoms with E-state index in [0.29, 0.717) is 16.2 Å². The Morgan fingerprint density at radius 1 is 1.19 bits per heavy atom. The molecule has 1 amide bonds. The molecule has 0 bridgehead atoms. The van der Waals surface area contributed by atoms with E-state index < -0.39 is 11.9 Å². The molecule has 2 fully saturated rings. The molecule has 2 aliphatic rings. The van der Waals surface area contributed by atoms with Crippen LogP contribution in [-0.2, 0) is 0 Å². The van der Waals surface area contributed by atoms with E-state index in [1.807, 2.05) is 6.92 Å². The first-order valence-corrected chi connectivity index (χ1v) is 9.65. The molecule has 0 saturated heterocycles. The second kappa shape index (κ2) is 6.57. The number of amides is 1. The number of pyridine rings is 1. The fraction of sp³-hybridized carbons (Fsp3) is 0.500. The van der Waals surface area contributed by atoms with Crippen LogP contribution in [0, 0.1) is 24.2 Å². The van der Waals surface area contributed by atoms with Crippen molar-refractivity contribution in [1.82, 2.24) is 15.3 Å². The van der Waals surface area contributed by atoms with Crippen molar-refractivity contribution >= 4 is 28.1 Å². The minimum atomic E-state index is -0.911. The number of carbonyl (C=O) groups excluding carboxylic acids is 1. The number of halogens is 2. The van der Waals surface area contributed by atoms with Gasteiger partial charge in [-0.05, 0) is 38.0 Å². The van der Waals surface area contributed by atoms with Gasteiger partial charge in [-0.3, -0.25) is 4.79 Å². The van der Waals surface area contributed by atoms with Crippen LogP contribution in [0.5, 0.6) is 0 Å². The van der Waals surface area contributed by atoms with Crippen molar-refractivity contribution in [3.63, 3.8) is 0 Å². The van der Waals surface area contributed by atoms with Gasteiger partial charge in [0.2, 0.25) is 11.9 Å². The van der Waals surface area contributed by atoms with Gasteiger partial charge in [-0.15, -0.1) is 11.3 Å². The van der Waals surface area contributed by atoms with Gasteiger partial charge in [0.15, 0.2) is 5.13 Å². The van der Waals surface area contributed by atoms with E-state index in [1.54, 1.807) is 0 Å². The molecule has 26 heavy (non-hydrogen) atoms. The smallest absolute Gasteiger partial charge is 0.271 e. The predicted molar refractivity (Wildman–Crippen MR) is 95.7 cm³/mol. The number of nitrogens with one attached hydrogen (secondary N) is 2. The van der Waals surface area contributed by atoms with Crippen LogP contribution < -0.4 is 10.6 Å². The highest BCUT2D eigenvalue weighted by molar-refractivity contribution is 7.15. The van der Waals surface area contributed by atoms with Crippen molar-refractivity contribution in [3.8, 4) is 0 Å². The number of nitrogens with zero attached hydrogens (tertiary/aromatic N) is 2. The second-order valence-corrected chi connectivity index (χ2v) is 8.39. The normalized spacial score (nSPS) is 20.8. The lowest BCUT2D eigenvalue weighted by atomic mass is 9.63. The number of aryl methyl sites for hydroxylation is 1. The maximum absolute atomic E-state index is 13.2. The van der Waals surface area contributed by atoms with Crippen LogP contribution in [0.2, 0.25) is 0 Å². The van der Waals surface area contributed by atoms with Crippen LogP contribution in [0.4, 0.5) is 19.6 Å². The molecule has 2 aliphatic carbocycles. The Balaban J connectivity index is 1.46. The number of hydrogen-bond donors (Lipinski definition) is 2. The number of carbonyl (C=O) groups is 1. The van der Waals surface area contributed by atoms with Gasteiger partial charge in [-0.1, -0.05) is 12.8 Å². The Bertz CT molecular complexity index is 827. The van der Waals surface area contributed by atoms with Crippen LogP contribution in [0.1, 0.15) is 53.9 Å². The third kappa shape index (κ3) is 3.18. The minimum Gasteiger partial charge on any atom is -0.347 e. The highest BCUT2D eigenvalue weighted by Gasteiger charge is 2.48. The Hall–Kier alpha value is -2.09. The Kier molecular flexibility index (Phi) is 4.38. The number of thiazole rings is 1. The van der Waals surface area contributed by atoms with E-state index in [0.717, 1.165) is 23.4 Å². The standard InChI is InChI=1S/C18H20F2N4OS/c1-10-15(16(25)22-12-4-7-18(12)5-2-3-6-18)24-17(26-10)21-11-8-13(19)23-14(20)9-11/h8-9,12H,2-7H2,1H3,(H,22,25)(H,21,23,24)/t12-/m1/s1. The largest absolute Gasteiger partial charge is 0.347 e. The third-order valence-corrected chi connectivity index (χ3v) is 6.49. The van der Waals surface area contributed by atoms with Crippen LogP contribution in [0.25, 0.3) is 0 Å². The van der Waals surface area contributed by atoms with Crippen LogP contribution in [0.15, 0.2) is 12.1 Å². The highest BCUT2D eigenvalue weighted by atomic mass is 32.1. The molecule has 2 aromatic rings. The van der Waals surface area contributed by atoms with Crippen molar-refractivity contribution in [2.45, 2.75) is 51.5 Å². The van der Waals surface area contributed by atoms with Crippen molar-refractivity contribution in [2.24, 2.45) is 5.41 Å². The second-order valence-electron chi connectivity index (χ2n) is 7.18. The monoisotopic (exact) mass is 378 g/mol. The van der Waals surface area contributed by atoms with E-state index in [9.17, 15) is 13.6 Å². The van der Waals surface area contributed by atoms with E-state index >= 15 is 0 Å². The van der Waals surface area contributed by atoms with E-state index in [1.165, 1.54) is 43.4 Å². The van der Waals surface area contributed by atoms with E-state index in [-0.39, 0.29) is 17.6 Å². The molecular formula is C18H20F2N4OS. The zero-order valence-corrected chi connectivity index (χ0v) is 15.3. The maximum atomic E-state index is 13.2. The molecule has 4 rings (SSSR count). The van der Waals surface area contributed by atoms with Gasteiger partial charge in [-0.2, -0.15) is 13.8 Å². The van der Waals surface area contributed by atoms with Gasteiger partial charge in [-0.25, -0.2) is 4.98 Å². The topological polar surface area (TPSA) is 66.9 Å². The fourth-order valence-corrected chi connectivity index (χ4v) is 4.98. The SMILES string of the molecule is Cc1sc(Nc2cc(F)nc(F)c2)nc1C(=O)N[C@@H]1CCC12CCCC2. The summed E-state index contributed by atoms with van der Waals surface area (Å²) in [6.07, 6.45) is 7.10. The molecule has 1 spiro atoms. The summed E-state index contributed by atoms with van der Waals surface area (Å²) < 4.78 is 26.4. The third-order valence-electron chi connectivity index (χ3n) is 5.60. The summed E-state index contributed by atoms with van der Waals surface area (Å²) in [6.45, 7) is 1.82. The molecule has 2 aromatic heterocycles. The van der Waals surface area contributed by atoms with Crippen molar-refractivity contribution in [2.75, 3.05) is 5.32 Å². The Morgan fingerprint density at radius 3 is 2.50 bits per heavy atom. The minimum absolute atomic E-state index is 0.171. The highest BCUT2D eigenvalue weighted by Crippen LogP contribution is 2.53. The molecule has 2 N–H and O–H groups in total. The van der Waals surface area contributed by atoms with E-state index in [4.69, 9.17) is 0 Å². The van der Waals surface area contributed by atoms with Gasteiger partial charge >= 0.3 is 0 Å². The van der Waals surface area contributed by atoms with Crippen molar-refractivity contribution in [3.05, 3.63) is 34.6 Å². The molecule has 0 aliphatic heterocycles. The average molecular weight is 378 g/mol. The van der Waals surface area contributed by atoms with E-state index in [2.05, 4.69) is 20.6 Å². The van der Waals surface area contributed by atoms with Gasteiger partial charge in [0, 0.05) is 28.7 Å². The number of aromatic nitrogens is 2. The number of anilines is 2. The summed E-state index contributed by atoms with van der Waals surface area (Å²) in [7, 11) is 0. The fourth-order valence-electron chi connectivity index (χ4n) is 4.15. The average Bonchev–Trinajstić information content (AvgIpc) is 3.19. The lowest BCUT2D eigenvalue weighted by molar-refractivity contribution is 0.0579. The van der Waals surface area contributed by atoms with Crippen molar-refractivity contribution in [1.29, 1.82) is 0 Å². The molecule has 1 atom stereocenters. The molecule has 2 saturated carbocycles. The summed E-state index contributed by atoms with van der Waals surface area (Å²) in [5, 5.41) is 6.41. The molecule has 2 heterocycles. The van der Waals surface area contributed by atoms with Crippen LogP contribution in [-0.4, -0.2) is 21.9 Å². The first kappa shape index (κ1) is 17.3. The Labute approximate surface area is 154 Å². The Morgan fingerprint density at radius 2 is 1.88 bits per heavy atom. The zero-order valence-electron chi connectivity index (χ0n) is 14.4. The van der Waals surface area contributed by atoms with Gasteiger partial charge < -0.3 is 10.6 Å². The summed E-state index contributed by atoms with van der Waals surface area (Å²) in [4.78, 5) is 20.8. The lowest BCUT2D eigenvalue weighted by Crippen LogP contribution is -2.54. The first-order valence-electron chi connectivity index (χ1n) is 8.84. The lowest BCUT2D eigenvalue weighted by Gasteiger charge is -2.47. The van der Waals surface area contributed by atoms with Gasteiger partial charge in [0.05, 0.1) is 0 Å². The summed E-state index contributed by atoms with van der Waals surface area (Å²) in [5.74, 6) is -1.99. The molecule has 8 heteroatoms. The molecule has 5 nitrogen and oxygen atoms in total.